The van der Waals surface area contributed by atoms with E-state index in [0.29, 0.717) is 22.9 Å². The van der Waals surface area contributed by atoms with Gasteiger partial charge in [0.2, 0.25) is 17.8 Å². The van der Waals surface area contributed by atoms with Gasteiger partial charge in [0.15, 0.2) is 0 Å². The highest BCUT2D eigenvalue weighted by Crippen LogP contribution is 2.34. The number of thioether (sulfide) groups is 1. The van der Waals surface area contributed by atoms with Crippen LogP contribution in [0.2, 0.25) is 0 Å². The maximum absolute atomic E-state index is 5.77. The number of nitrogen functional groups attached to an aromatic ring is 1. The maximum Gasteiger partial charge on any atom is 0.277 e. The van der Waals surface area contributed by atoms with Gasteiger partial charge < -0.3 is 15.1 Å². The predicted molar refractivity (Wildman–Crippen MR) is 100 cm³/mol. The van der Waals surface area contributed by atoms with Crippen LogP contribution in [0.4, 0.5) is 11.9 Å². The van der Waals surface area contributed by atoms with E-state index in [0.717, 1.165) is 10.0 Å². The molecule has 0 radical (unpaired) electrons. The van der Waals surface area contributed by atoms with Crippen LogP contribution < -0.4 is 10.6 Å². The molecule has 2 N–H and O–H groups in total. The van der Waals surface area contributed by atoms with Crippen LogP contribution in [-0.2, 0) is 0 Å². The van der Waals surface area contributed by atoms with Gasteiger partial charge in [0.05, 0.1) is 5.25 Å². The van der Waals surface area contributed by atoms with Crippen molar-refractivity contribution in [3.05, 3.63) is 34.6 Å². The molecule has 0 spiro atoms. The highest BCUT2D eigenvalue weighted by molar-refractivity contribution is 9.10. The van der Waals surface area contributed by atoms with Crippen molar-refractivity contribution in [1.29, 1.82) is 0 Å². The Labute approximate surface area is 157 Å². The molecule has 3 aromatic rings. The van der Waals surface area contributed by atoms with Gasteiger partial charge in [-0.05, 0) is 25.1 Å². The fourth-order valence-corrected chi connectivity index (χ4v) is 3.11. The minimum absolute atomic E-state index is 0.125. The van der Waals surface area contributed by atoms with Crippen LogP contribution >= 0.6 is 27.7 Å². The molecule has 1 aromatic carbocycles. The van der Waals surface area contributed by atoms with Crippen LogP contribution in [0.3, 0.4) is 0 Å². The smallest absolute Gasteiger partial charge is 0.277 e. The van der Waals surface area contributed by atoms with Crippen molar-refractivity contribution in [2.24, 2.45) is 0 Å². The summed E-state index contributed by atoms with van der Waals surface area (Å²) in [6.07, 6.45) is 0. The Morgan fingerprint density at radius 1 is 1.20 bits per heavy atom. The summed E-state index contributed by atoms with van der Waals surface area (Å²) in [6.45, 7) is 1.95. The molecule has 1 atom stereocenters. The normalized spacial score (nSPS) is 12.2. The fraction of sp³-hybridized carbons (Fsp3) is 0.267. The first-order valence-electron chi connectivity index (χ1n) is 7.37. The molecule has 8 nitrogen and oxygen atoms in total. The van der Waals surface area contributed by atoms with E-state index in [2.05, 4.69) is 41.1 Å². The van der Waals surface area contributed by atoms with Gasteiger partial charge in [-0.25, -0.2) is 0 Å². The van der Waals surface area contributed by atoms with E-state index < -0.39 is 0 Å². The third-order valence-corrected chi connectivity index (χ3v) is 4.60. The second-order valence-electron chi connectivity index (χ2n) is 5.39. The zero-order valence-corrected chi connectivity index (χ0v) is 16.2. The number of nitrogens with zero attached hydrogens (tertiary/aromatic N) is 6. The van der Waals surface area contributed by atoms with Crippen molar-refractivity contribution < 1.29 is 4.42 Å². The zero-order valence-electron chi connectivity index (χ0n) is 13.8. The molecule has 25 heavy (non-hydrogen) atoms. The first kappa shape index (κ1) is 17.6. The molecule has 0 bridgehead atoms. The predicted octanol–water partition coefficient (Wildman–Crippen LogP) is 3.19. The van der Waals surface area contributed by atoms with Gasteiger partial charge in [-0.1, -0.05) is 33.8 Å². The second kappa shape index (κ2) is 7.36. The monoisotopic (exact) mass is 421 g/mol. The third kappa shape index (κ3) is 4.26. The molecule has 0 amide bonds. The Balaban J connectivity index is 1.79. The largest absolute Gasteiger partial charge is 0.411 e. The Kier molecular flexibility index (Phi) is 5.19. The molecule has 0 fully saturated rings. The molecular formula is C15H16BrN7OS. The Morgan fingerprint density at radius 2 is 2.00 bits per heavy atom. The number of rotatable bonds is 5. The topological polar surface area (TPSA) is 107 Å². The summed E-state index contributed by atoms with van der Waals surface area (Å²) < 4.78 is 6.68. The van der Waals surface area contributed by atoms with Gasteiger partial charge in [-0.15, -0.1) is 10.2 Å². The van der Waals surface area contributed by atoms with Crippen molar-refractivity contribution in [2.75, 3.05) is 24.7 Å². The molecular weight excluding hydrogens is 406 g/mol. The number of halogens is 1. The summed E-state index contributed by atoms with van der Waals surface area (Å²) in [6, 6.07) is 7.67. The van der Waals surface area contributed by atoms with Crippen LogP contribution in [0.1, 0.15) is 18.0 Å². The third-order valence-electron chi connectivity index (χ3n) is 3.18. The minimum Gasteiger partial charge on any atom is -0.411 e. The van der Waals surface area contributed by atoms with Crippen LogP contribution in [0.5, 0.6) is 0 Å². The average molecular weight is 422 g/mol. The van der Waals surface area contributed by atoms with Gasteiger partial charge in [0.25, 0.3) is 5.22 Å². The Morgan fingerprint density at radius 3 is 2.72 bits per heavy atom. The molecule has 0 aliphatic rings. The summed E-state index contributed by atoms with van der Waals surface area (Å²) in [5.41, 5.74) is 6.62. The molecule has 0 saturated carbocycles. The minimum atomic E-state index is -0.125. The number of aromatic nitrogens is 5. The molecule has 0 aliphatic heterocycles. The van der Waals surface area contributed by atoms with Gasteiger partial charge in [0, 0.05) is 24.1 Å². The molecule has 1 unspecified atom stereocenters. The van der Waals surface area contributed by atoms with Crippen LogP contribution in [-0.4, -0.2) is 39.2 Å². The summed E-state index contributed by atoms with van der Waals surface area (Å²) in [7, 11) is 3.69. The van der Waals surface area contributed by atoms with Crippen molar-refractivity contribution >= 4 is 39.6 Å². The zero-order chi connectivity index (χ0) is 18.0. The van der Waals surface area contributed by atoms with Gasteiger partial charge in [-0.3, -0.25) is 0 Å². The van der Waals surface area contributed by atoms with Gasteiger partial charge in [0.1, 0.15) is 5.82 Å². The standard InChI is InChI=1S/C15H16BrN7OS/c1-8(11-18-13(17)20-14(19-11)23(2)3)25-15-22-21-12(24-15)9-5-4-6-10(16)7-9/h4-8H,1-3H3,(H2,17,18,19,20). The summed E-state index contributed by atoms with van der Waals surface area (Å²) in [4.78, 5) is 14.5. The highest BCUT2D eigenvalue weighted by atomic mass is 79.9. The van der Waals surface area contributed by atoms with E-state index in [1.165, 1.54) is 11.8 Å². The van der Waals surface area contributed by atoms with E-state index in [4.69, 9.17) is 10.2 Å². The summed E-state index contributed by atoms with van der Waals surface area (Å²) in [5.74, 6) is 1.71. The van der Waals surface area contributed by atoms with Gasteiger partial charge in [-0.2, -0.15) is 15.0 Å². The SMILES string of the molecule is CC(Sc1nnc(-c2cccc(Br)c2)o1)c1nc(N)nc(N(C)C)n1. The van der Waals surface area contributed by atoms with E-state index in [1.54, 1.807) is 4.90 Å². The van der Waals surface area contributed by atoms with Crippen molar-refractivity contribution in [3.8, 4) is 11.5 Å². The van der Waals surface area contributed by atoms with Crippen molar-refractivity contribution in [1.82, 2.24) is 25.1 Å². The molecule has 2 heterocycles. The quantitative estimate of drug-likeness (QED) is 0.621. The lowest BCUT2D eigenvalue weighted by atomic mass is 10.2. The van der Waals surface area contributed by atoms with E-state index in [1.807, 2.05) is 45.3 Å². The molecule has 10 heteroatoms. The Bertz CT molecular complexity index is 886. The summed E-state index contributed by atoms with van der Waals surface area (Å²) >= 11 is 4.80. The number of anilines is 2. The first-order valence-corrected chi connectivity index (χ1v) is 9.04. The maximum atomic E-state index is 5.77. The fourth-order valence-electron chi connectivity index (χ4n) is 1.98. The van der Waals surface area contributed by atoms with E-state index in [9.17, 15) is 0 Å². The highest BCUT2D eigenvalue weighted by Gasteiger charge is 2.18. The van der Waals surface area contributed by atoms with Crippen LogP contribution in [0.15, 0.2) is 38.4 Å². The molecule has 130 valence electrons. The van der Waals surface area contributed by atoms with Crippen LogP contribution in [0, 0.1) is 0 Å². The lowest BCUT2D eigenvalue weighted by molar-refractivity contribution is 0.465. The molecule has 3 rings (SSSR count). The second-order valence-corrected chi connectivity index (χ2v) is 7.60. The van der Waals surface area contributed by atoms with Crippen molar-refractivity contribution in [2.45, 2.75) is 17.4 Å². The number of hydrogen-bond donors (Lipinski definition) is 1. The first-order chi connectivity index (χ1) is 11.9. The lowest BCUT2D eigenvalue weighted by Crippen LogP contribution is -2.16. The Hall–Kier alpha value is -2.20. The van der Waals surface area contributed by atoms with E-state index >= 15 is 0 Å². The number of nitrogens with two attached hydrogens (primary N) is 1. The molecule has 0 saturated heterocycles. The van der Waals surface area contributed by atoms with Gasteiger partial charge >= 0.3 is 0 Å². The molecule has 0 aliphatic carbocycles. The average Bonchev–Trinajstić information content (AvgIpc) is 3.02. The molecule has 2 aromatic heterocycles. The lowest BCUT2D eigenvalue weighted by Gasteiger charge is -2.13. The van der Waals surface area contributed by atoms with Crippen molar-refractivity contribution in [3.63, 3.8) is 0 Å². The van der Waals surface area contributed by atoms with E-state index in [-0.39, 0.29) is 11.2 Å². The van der Waals surface area contributed by atoms with Crippen LogP contribution in [0.25, 0.3) is 11.5 Å². The number of hydrogen-bond acceptors (Lipinski definition) is 9. The summed E-state index contributed by atoms with van der Waals surface area (Å²) in [5, 5.41) is 8.49. The number of benzene rings is 1.